The summed E-state index contributed by atoms with van der Waals surface area (Å²) >= 11 is 0. The third-order valence-electron chi connectivity index (χ3n) is 5.07. The van der Waals surface area contributed by atoms with Gasteiger partial charge in [-0.05, 0) is 44.2 Å². The molecule has 0 saturated heterocycles. The van der Waals surface area contributed by atoms with Gasteiger partial charge in [0.1, 0.15) is 5.75 Å². The molecule has 1 aromatic carbocycles. The van der Waals surface area contributed by atoms with Crippen LogP contribution >= 0.6 is 0 Å². The first kappa shape index (κ1) is 25.3. The molecule has 1 aromatic rings. The van der Waals surface area contributed by atoms with E-state index in [0.29, 0.717) is 12.2 Å². The first-order chi connectivity index (χ1) is 14.3. The van der Waals surface area contributed by atoms with Crippen molar-refractivity contribution >= 4 is 11.7 Å². The fourth-order valence-corrected chi connectivity index (χ4v) is 3.28. The van der Waals surface area contributed by atoms with Crippen LogP contribution < -0.4 is 10.1 Å². The number of hydrogen-bond donors (Lipinski definition) is 1. The molecule has 0 radical (unpaired) electrons. The van der Waals surface area contributed by atoms with Crippen molar-refractivity contribution in [2.24, 2.45) is 0 Å². The summed E-state index contributed by atoms with van der Waals surface area (Å²) < 4.78 is 5.43. The third kappa shape index (κ3) is 14.8. The Morgan fingerprint density at radius 3 is 2.28 bits per heavy atom. The van der Waals surface area contributed by atoms with Gasteiger partial charge < -0.3 is 10.1 Å². The van der Waals surface area contributed by atoms with Crippen LogP contribution in [0.2, 0.25) is 0 Å². The first-order valence-corrected chi connectivity index (χ1v) is 12.0. The van der Waals surface area contributed by atoms with Gasteiger partial charge in [0.05, 0.1) is 0 Å². The Kier molecular flexibility index (Phi) is 15.9. The number of benzene rings is 1. The van der Waals surface area contributed by atoms with Crippen molar-refractivity contribution in [3.05, 3.63) is 36.4 Å². The largest absolute Gasteiger partial charge is 0.426 e. The number of allylic oxidation sites excluding steroid dienone is 2. The summed E-state index contributed by atoms with van der Waals surface area (Å²) in [5, 5.41) is 3.42. The fourth-order valence-electron chi connectivity index (χ4n) is 3.28. The number of esters is 1. The van der Waals surface area contributed by atoms with E-state index in [1.54, 1.807) is 0 Å². The van der Waals surface area contributed by atoms with Gasteiger partial charge in [0.15, 0.2) is 0 Å². The van der Waals surface area contributed by atoms with Crippen LogP contribution in [0.4, 0.5) is 5.69 Å². The van der Waals surface area contributed by atoms with Gasteiger partial charge in [-0.2, -0.15) is 0 Å². The molecule has 0 amide bonds. The molecule has 0 aliphatic heterocycles. The highest BCUT2D eigenvalue weighted by atomic mass is 16.5. The summed E-state index contributed by atoms with van der Waals surface area (Å²) in [6.07, 6.45) is 21.3. The zero-order valence-corrected chi connectivity index (χ0v) is 18.9. The molecule has 164 valence electrons. The lowest BCUT2D eigenvalue weighted by molar-refractivity contribution is -0.134. The molecular weight excluding hydrogens is 358 g/mol. The van der Waals surface area contributed by atoms with Crippen molar-refractivity contribution in [3.8, 4) is 5.75 Å². The molecule has 0 heterocycles. The van der Waals surface area contributed by atoms with Crippen LogP contribution in [-0.4, -0.2) is 12.5 Å². The number of carbonyl (C=O) groups excluding carboxylic acids is 1. The minimum Gasteiger partial charge on any atom is -0.426 e. The van der Waals surface area contributed by atoms with E-state index in [1.807, 2.05) is 24.3 Å². The highest BCUT2D eigenvalue weighted by Crippen LogP contribution is 2.18. The van der Waals surface area contributed by atoms with E-state index >= 15 is 0 Å². The second kappa shape index (κ2) is 18.3. The van der Waals surface area contributed by atoms with E-state index in [-0.39, 0.29) is 5.97 Å². The van der Waals surface area contributed by atoms with Crippen LogP contribution in [0, 0.1) is 0 Å². The molecule has 0 unspecified atom stereocenters. The van der Waals surface area contributed by atoms with E-state index in [2.05, 4.69) is 31.3 Å². The standard InChI is InChI=1S/C26H43NO2/c1-3-5-7-8-9-10-11-12-13-14-15-17-22-27-24-19-18-20-25(23-24)29-26(28)21-16-6-4-2/h13-14,18-20,23,27H,3-12,15-17,21-22H2,1-2H3. The van der Waals surface area contributed by atoms with Gasteiger partial charge in [0.25, 0.3) is 0 Å². The molecule has 0 fully saturated rings. The monoisotopic (exact) mass is 401 g/mol. The van der Waals surface area contributed by atoms with Crippen LogP contribution in [0.25, 0.3) is 0 Å². The lowest BCUT2D eigenvalue weighted by Gasteiger charge is -2.08. The molecule has 0 bridgehead atoms. The molecule has 0 atom stereocenters. The van der Waals surface area contributed by atoms with E-state index < -0.39 is 0 Å². The maximum absolute atomic E-state index is 11.8. The lowest BCUT2D eigenvalue weighted by atomic mass is 10.1. The summed E-state index contributed by atoms with van der Waals surface area (Å²) in [6.45, 7) is 5.33. The average molecular weight is 402 g/mol. The van der Waals surface area contributed by atoms with Crippen LogP contribution in [0.5, 0.6) is 5.75 Å². The summed E-state index contributed by atoms with van der Waals surface area (Å²) in [4.78, 5) is 11.8. The van der Waals surface area contributed by atoms with E-state index in [1.165, 1.54) is 51.4 Å². The van der Waals surface area contributed by atoms with Gasteiger partial charge >= 0.3 is 5.97 Å². The highest BCUT2D eigenvalue weighted by Gasteiger charge is 2.05. The minimum absolute atomic E-state index is 0.137. The molecule has 1 N–H and O–H groups in total. The number of rotatable bonds is 18. The predicted octanol–water partition coefficient (Wildman–Crippen LogP) is 8.06. The van der Waals surface area contributed by atoms with E-state index in [4.69, 9.17) is 4.74 Å². The fraction of sp³-hybridized carbons (Fsp3) is 0.654. The quantitative estimate of drug-likeness (QED) is 0.117. The molecule has 0 aliphatic carbocycles. The van der Waals surface area contributed by atoms with E-state index in [9.17, 15) is 4.79 Å². The lowest BCUT2D eigenvalue weighted by Crippen LogP contribution is -2.08. The normalized spacial score (nSPS) is 11.1. The zero-order valence-electron chi connectivity index (χ0n) is 18.9. The average Bonchev–Trinajstić information content (AvgIpc) is 2.72. The van der Waals surface area contributed by atoms with Gasteiger partial charge in [-0.15, -0.1) is 0 Å². The second-order valence-corrected chi connectivity index (χ2v) is 7.91. The van der Waals surface area contributed by atoms with Crippen molar-refractivity contribution in [3.63, 3.8) is 0 Å². The Bertz CT molecular complexity index is 553. The van der Waals surface area contributed by atoms with E-state index in [0.717, 1.165) is 44.3 Å². The molecule has 0 aromatic heterocycles. The number of ether oxygens (including phenoxy) is 1. The molecule has 1 rings (SSSR count). The molecule has 3 heteroatoms. The van der Waals surface area contributed by atoms with Gasteiger partial charge in [-0.3, -0.25) is 4.79 Å². The minimum atomic E-state index is -0.137. The third-order valence-corrected chi connectivity index (χ3v) is 5.07. The Balaban J connectivity index is 2.07. The maximum atomic E-state index is 11.8. The number of anilines is 1. The van der Waals surface area contributed by atoms with Crippen molar-refractivity contribution in [1.29, 1.82) is 0 Å². The SMILES string of the molecule is CCCCCCCCCC=CCCCNc1cccc(OC(=O)CCCCC)c1. The highest BCUT2D eigenvalue weighted by molar-refractivity contribution is 5.72. The van der Waals surface area contributed by atoms with Crippen molar-refractivity contribution in [2.45, 2.75) is 104 Å². The van der Waals surface area contributed by atoms with Crippen molar-refractivity contribution in [1.82, 2.24) is 0 Å². The summed E-state index contributed by atoms with van der Waals surface area (Å²) in [6, 6.07) is 7.70. The van der Waals surface area contributed by atoms with Crippen molar-refractivity contribution in [2.75, 3.05) is 11.9 Å². The first-order valence-electron chi connectivity index (χ1n) is 12.0. The van der Waals surface area contributed by atoms with Gasteiger partial charge in [0.2, 0.25) is 0 Å². The van der Waals surface area contributed by atoms with Crippen LogP contribution in [0.3, 0.4) is 0 Å². The molecule has 0 saturated carbocycles. The molecule has 29 heavy (non-hydrogen) atoms. The topological polar surface area (TPSA) is 38.3 Å². The van der Waals surface area contributed by atoms with Crippen LogP contribution in [0.1, 0.15) is 104 Å². The zero-order chi connectivity index (χ0) is 21.0. The number of hydrogen-bond acceptors (Lipinski definition) is 3. The Morgan fingerprint density at radius 2 is 1.52 bits per heavy atom. The van der Waals surface area contributed by atoms with Gasteiger partial charge in [-0.1, -0.05) is 83.4 Å². The van der Waals surface area contributed by atoms with Crippen LogP contribution in [-0.2, 0) is 4.79 Å². The Hall–Kier alpha value is -1.77. The molecule has 3 nitrogen and oxygen atoms in total. The number of nitrogens with one attached hydrogen (secondary N) is 1. The molecule has 0 aliphatic rings. The Labute approximate surface area is 179 Å². The van der Waals surface area contributed by atoms with Gasteiger partial charge in [-0.25, -0.2) is 0 Å². The number of carbonyl (C=O) groups is 1. The maximum Gasteiger partial charge on any atom is 0.311 e. The summed E-state index contributed by atoms with van der Waals surface area (Å²) in [7, 11) is 0. The smallest absolute Gasteiger partial charge is 0.311 e. The molecule has 0 spiro atoms. The van der Waals surface area contributed by atoms with Crippen LogP contribution in [0.15, 0.2) is 36.4 Å². The number of unbranched alkanes of at least 4 members (excludes halogenated alkanes) is 10. The van der Waals surface area contributed by atoms with Gasteiger partial charge in [0, 0.05) is 24.7 Å². The van der Waals surface area contributed by atoms with Crippen molar-refractivity contribution < 1.29 is 9.53 Å². The summed E-state index contributed by atoms with van der Waals surface area (Å²) in [5.74, 6) is 0.493. The second-order valence-electron chi connectivity index (χ2n) is 7.91. The summed E-state index contributed by atoms with van der Waals surface area (Å²) in [5.41, 5.74) is 1.01. The Morgan fingerprint density at radius 1 is 0.862 bits per heavy atom. The molecular formula is C26H43NO2. The predicted molar refractivity (Wildman–Crippen MR) is 126 cm³/mol.